The molecule has 1 aliphatic rings. The van der Waals surface area contributed by atoms with Gasteiger partial charge in [0.2, 0.25) is 0 Å². The maximum absolute atomic E-state index is 5.94. The highest BCUT2D eigenvalue weighted by molar-refractivity contribution is 14.1. The van der Waals surface area contributed by atoms with Crippen LogP contribution in [-0.4, -0.2) is 34.0 Å². The summed E-state index contributed by atoms with van der Waals surface area (Å²) >= 11 is 3.98. The van der Waals surface area contributed by atoms with E-state index >= 15 is 0 Å². The van der Waals surface area contributed by atoms with Gasteiger partial charge in [-0.2, -0.15) is 0 Å². The van der Waals surface area contributed by atoms with Gasteiger partial charge < -0.3 is 18.9 Å². The van der Waals surface area contributed by atoms with Crippen LogP contribution in [0.25, 0.3) is 0 Å². The fourth-order valence-electron chi connectivity index (χ4n) is 2.81. The highest BCUT2D eigenvalue weighted by atomic mass is 127. The maximum atomic E-state index is 5.94. The Balaban J connectivity index is 2.69. The number of halogens is 1. The molecule has 1 heterocycles. The van der Waals surface area contributed by atoms with E-state index in [1.807, 2.05) is 19.1 Å². The van der Waals surface area contributed by atoms with Gasteiger partial charge in [-0.05, 0) is 65.6 Å². The second-order valence-electron chi connectivity index (χ2n) is 5.63. The van der Waals surface area contributed by atoms with Crippen LogP contribution in [0.1, 0.15) is 24.7 Å². The van der Waals surface area contributed by atoms with Crippen LogP contribution < -0.4 is 9.47 Å². The molecule has 0 aliphatic carbocycles. The number of ether oxygens (including phenoxy) is 4. The molecule has 1 aromatic rings. The topological polar surface area (TPSA) is 36.9 Å². The number of hydrogen-bond donors (Lipinski definition) is 0. The molecule has 0 spiro atoms. The predicted octanol–water partition coefficient (Wildman–Crippen LogP) is 4.94. The van der Waals surface area contributed by atoms with E-state index in [2.05, 4.69) is 41.0 Å². The first kappa shape index (κ1) is 19.5. The molecule has 0 radical (unpaired) electrons. The third-order valence-corrected chi connectivity index (χ3v) is 6.24. The summed E-state index contributed by atoms with van der Waals surface area (Å²) in [7, 11) is 6.70. The molecule has 24 heavy (non-hydrogen) atoms. The molecule has 2 rings (SSSR count). The van der Waals surface area contributed by atoms with E-state index in [4.69, 9.17) is 18.9 Å². The molecule has 0 saturated carbocycles. The lowest BCUT2D eigenvalue weighted by atomic mass is 9.91. The van der Waals surface area contributed by atoms with Crippen molar-refractivity contribution < 1.29 is 18.9 Å². The molecule has 1 unspecified atom stereocenters. The Morgan fingerprint density at radius 2 is 1.79 bits per heavy atom. The average Bonchev–Trinajstić information content (AvgIpc) is 2.70. The predicted molar refractivity (Wildman–Crippen MR) is 107 cm³/mol. The summed E-state index contributed by atoms with van der Waals surface area (Å²) in [6, 6.07) is 4.07. The van der Waals surface area contributed by atoms with Crippen LogP contribution >= 0.6 is 34.4 Å². The van der Waals surface area contributed by atoms with E-state index in [-0.39, 0.29) is 5.25 Å². The minimum Gasteiger partial charge on any atom is -0.498 e. The van der Waals surface area contributed by atoms with Crippen molar-refractivity contribution in [1.82, 2.24) is 0 Å². The van der Waals surface area contributed by atoms with Crippen LogP contribution in [0.15, 0.2) is 34.9 Å². The zero-order chi connectivity index (χ0) is 17.9. The zero-order valence-electron chi connectivity index (χ0n) is 14.8. The van der Waals surface area contributed by atoms with E-state index in [0.717, 1.165) is 26.2 Å². The average molecular weight is 462 g/mol. The lowest BCUT2D eigenvalue weighted by Gasteiger charge is -2.36. The van der Waals surface area contributed by atoms with Gasteiger partial charge in [0, 0.05) is 16.2 Å². The first-order valence-electron chi connectivity index (χ1n) is 7.46. The minimum absolute atomic E-state index is 0.0512. The van der Waals surface area contributed by atoms with E-state index in [9.17, 15) is 0 Å². The Morgan fingerprint density at radius 1 is 1.08 bits per heavy atom. The van der Waals surface area contributed by atoms with Crippen molar-refractivity contribution in [2.24, 2.45) is 0 Å². The van der Waals surface area contributed by atoms with Crippen LogP contribution in [0, 0.1) is 3.57 Å². The highest BCUT2D eigenvalue weighted by Gasteiger charge is 2.43. The fraction of sp³-hybridized carbons (Fsp3) is 0.444. The number of rotatable bonds is 5. The van der Waals surface area contributed by atoms with Crippen molar-refractivity contribution >= 4 is 34.4 Å². The van der Waals surface area contributed by atoms with Gasteiger partial charge in [0.05, 0.1) is 26.6 Å². The second-order valence-corrected chi connectivity index (χ2v) is 7.86. The molecule has 0 bridgehead atoms. The number of thioether (sulfide) groups is 1. The lowest BCUT2D eigenvalue weighted by Crippen LogP contribution is -2.36. The lowest BCUT2D eigenvalue weighted by molar-refractivity contribution is -0.00680. The minimum atomic E-state index is -0.642. The molecule has 4 nitrogen and oxygen atoms in total. The second kappa shape index (κ2) is 8.01. The van der Waals surface area contributed by atoms with E-state index in [1.165, 1.54) is 0 Å². The van der Waals surface area contributed by atoms with Gasteiger partial charge in [0.15, 0.2) is 11.5 Å². The Kier molecular flexibility index (Phi) is 6.50. The third-order valence-electron chi connectivity index (χ3n) is 4.14. The van der Waals surface area contributed by atoms with Crippen molar-refractivity contribution in [2.75, 3.05) is 28.4 Å². The Morgan fingerprint density at radius 3 is 2.33 bits per heavy atom. The standard InChI is InChI=1S/C18H23IO4S/c1-11-7-15(21-4)18(2,23-6)17(24-10-11)13-8-12(19)9-14(20-3)16(13)22-5/h7-10,17H,1-6H3/t17-,18?/m0/s1. The summed E-state index contributed by atoms with van der Waals surface area (Å²) in [5.41, 5.74) is 1.50. The van der Waals surface area contributed by atoms with Crippen molar-refractivity contribution in [3.63, 3.8) is 0 Å². The number of benzene rings is 1. The summed E-state index contributed by atoms with van der Waals surface area (Å²) in [5.74, 6) is 2.22. The molecule has 132 valence electrons. The first-order chi connectivity index (χ1) is 11.4. The molecule has 6 heteroatoms. The molecular formula is C18H23IO4S. The third kappa shape index (κ3) is 3.55. The Bertz CT molecular complexity index is 671. The normalized spacial score (nSPS) is 23.9. The first-order valence-corrected chi connectivity index (χ1v) is 9.48. The van der Waals surface area contributed by atoms with Gasteiger partial charge in [-0.15, -0.1) is 11.8 Å². The fourth-order valence-corrected chi connectivity index (χ4v) is 4.64. The molecular weight excluding hydrogens is 439 g/mol. The van der Waals surface area contributed by atoms with Crippen LogP contribution in [0.5, 0.6) is 11.5 Å². The smallest absolute Gasteiger partial charge is 0.165 e. The summed E-state index contributed by atoms with van der Waals surface area (Å²) in [6.07, 6.45) is 2.02. The molecule has 0 fully saturated rings. The van der Waals surface area contributed by atoms with E-state index < -0.39 is 5.60 Å². The van der Waals surface area contributed by atoms with Gasteiger partial charge >= 0.3 is 0 Å². The zero-order valence-corrected chi connectivity index (χ0v) is 17.8. The molecule has 0 saturated heterocycles. The van der Waals surface area contributed by atoms with Crippen LogP contribution in [0.4, 0.5) is 0 Å². The summed E-state index contributed by atoms with van der Waals surface area (Å²) in [5, 5.41) is 2.07. The molecule has 2 atom stereocenters. The van der Waals surface area contributed by atoms with E-state index in [1.54, 1.807) is 40.2 Å². The van der Waals surface area contributed by atoms with Gasteiger partial charge in [0.25, 0.3) is 0 Å². The van der Waals surface area contributed by atoms with Gasteiger partial charge in [-0.1, -0.05) is 0 Å². The van der Waals surface area contributed by atoms with Gasteiger partial charge in [0.1, 0.15) is 11.4 Å². The largest absolute Gasteiger partial charge is 0.498 e. The number of methoxy groups -OCH3 is 4. The molecule has 0 aromatic heterocycles. The van der Waals surface area contributed by atoms with Crippen LogP contribution in [0.3, 0.4) is 0 Å². The summed E-state index contributed by atoms with van der Waals surface area (Å²) < 4.78 is 23.9. The maximum Gasteiger partial charge on any atom is 0.165 e. The quantitative estimate of drug-likeness (QED) is 0.580. The molecule has 1 aliphatic heterocycles. The number of hydrogen-bond acceptors (Lipinski definition) is 5. The molecule has 0 amide bonds. The highest BCUT2D eigenvalue weighted by Crippen LogP contribution is 2.52. The van der Waals surface area contributed by atoms with Crippen molar-refractivity contribution in [3.05, 3.63) is 44.1 Å². The van der Waals surface area contributed by atoms with Crippen molar-refractivity contribution in [1.29, 1.82) is 0 Å². The monoisotopic (exact) mass is 462 g/mol. The SMILES string of the molecule is COC1=CC(C)=CS[C@@H](c2cc(I)cc(OC)c2OC)C1(C)OC. The van der Waals surface area contributed by atoms with Crippen LogP contribution in [-0.2, 0) is 9.47 Å². The van der Waals surface area contributed by atoms with Crippen molar-refractivity contribution in [2.45, 2.75) is 24.7 Å². The van der Waals surface area contributed by atoms with Crippen LogP contribution in [0.2, 0.25) is 0 Å². The van der Waals surface area contributed by atoms with E-state index in [0.29, 0.717) is 5.75 Å². The van der Waals surface area contributed by atoms with Gasteiger partial charge in [-0.3, -0.25) is 0 Å². The summed E-state index contributed by atoms with van der Waals surface area (Å²) in [6.45, 7) is 4.09. The molecule has 0 N–H and O–H groups in total. The Labute approximate surface area is 161 Å². The molecule has 1 aromatic carbocycles. The Hall–Kier alpha value is -0.860. The van der Waals surface area contributed by atoms with Gasteiger partial charge in [-0.25, -0.2) is 0 Å². The number of allylic oxidation sites excluding steroid dienone is 2. The summed E-state index contributed by atoms with van der Waals surface area (Å²) in [4.78, 5) is 0. The van der Waals surface area contributed by atoms with Crippen molar-refractivity contribution in [3.8, 4) is 11.5 Å².